The number of hydrogen-bond acceptors (Lipinski definition) is 2. The SMILES string of the molecule is CN(CCOc1ccccc1F)C(=O)c1ccc(F)c(F)c1. The van der Waals surface area contributed by atoms with Gasteiger partial charge in [-0.1, -0.05) is 12.1 Å². The molecular weight excluding hydrogens is 295 g/mol. The summed E-state index contributed by atoms with van der Waals surface area (Å²) in [6.45, 7) is 0.249. The third kappa shape index (κ3) is 3.78. The van der Waals surface area contributed by atoms with Gasteiger partial charge in [-0.2, -0.15) is 0 Å². The second-order valence-corrected chi connectivity index (χ2v) is 4.63. The van der Waals surface area contributed by atoms with E-state index in [0.29, 0.717) is 0 Å². The minimum Gasteiger partial charge on any atom is -0.489 e. The van der Waals surface area contributed by atoms with Crippen LogP contribution in [0.5, 0.6) is 5.75 Å². The van der Waals surface area contributed by atoms with Crippen molar-refractivity contribution < 1.29 is 22.7 Å². The maximum Gasteiger partial charge on any atom is 0.253 e. The lowest BCUT2D eigenvalue weighted by molar-refractivity contribution is 0.0772. The molecule has 6 heteroatoms. The van der Waals surface area contributed by atoms with E-state index in [1.165, 1.54) is 30.1 Å². The molecule has 0 aliphatic carbocycles. The fourth-order valence-electron chi connectivity index (χ4n) is 1.81. The molecule has 116 valence electrons. The van der Waals surface area contributed by atoms with E-state index >= 15 is 0 Å². The molecule has 2 aromatic carbocycles. The molecular formula is C16H14F3NO2. The average molecular weight is 309 g/mol. The van der Waals surface area contributed by atoms with Crippen molar-refractivity contribution in [2.75, 3.05) is 20.2 Å². The highest BCUT2D eigenvalue weighted by Gasteiger charge is 2.14. The van der Waals surface area contributed by atoms with Crippen LogP contribution in [0.1, 0.15) is 10.4 Å². The Labute approximate surface area is 125 Å². The number of likely N-dealkylation sites (N-methyl/N-ethyl adjacent to an activating group) is 1. The van der Waals surface area contributed by atoms with Gasteiger partial charge in [0.1, 0.15) is 6.61 Å². The smallest absolute Gasteiger partial charge is 0.253 e. The molecule has 0 aromatic heterocycles. The maximum absolute atomic E-state index is 13.3. The summed E-state index contributed by atoms with van der Waals surface area (Å²) < 4.78 is 44.5. The van der Waals surface area contributed by atoms with Gasteiger partial charge in [-0.3, -0.25) is 4.79 Å². The Morgan fingerprint density at radius 3 is 2.45 bits per heavy atom. The first-order chi connectivity index (χ1) is 10.5. The monoisotopic (exact) mass is 309 g/mol. The van der Waals surface area contributed by atoms with Crippen LogP contribution in [-0.4, -0.2) is 31.0 Å². The van der Waals surface area contributed by atoms with Crippen molar-refractivity contribution in [1.29, 1.82) is 0 Å². The third-order valence-electron chi connectivity index (χ3n) is 3.03. The standard InChI is InChI=1S/C16H14F3NO2/c1-20(8-9-22-15-5-3-2-4-13(15)18)16(21)11-6-7-12(17)14(19)10-11/h2-7,10H,8-9H2,1H3. The van der Waals surface area contributed by atoms with Crippen molar-refractivity contribution in [3.63, 3.8) is 0 Å². The number of rotatable bonds is 5. The molecule has 0 atom stereocenters. The van der Waals surface area contributed by atoms with Gasteiger partial charge in [0.15, 0.2) is 23.2 Å². The van der Waals surface area contributed by atoms with E-state index in [9.17, 15) is 18.0 Å². The molecule has 0 bridgehead atoms. The van der Waals surface area contributed by atoms with Gasteiger partial charge in [0, 0.05) is 12.6 Å². The molecule has 0 saturated carbocycles. The molecule has 0 radical (unpaired) electrons. The summed E-state index contributed by atoms with van der Waals surface area (Å²) in [6, 6.07) is 8.86. The second kappa shape index (κ2) is 6.98. The highest BCUT2D eigenvalue weighted by Crippen LogP contribution is 2.15. The number of carbonyl (C=O) groups excluding carboxylic acids is 1. The Morgan fingerprint density at radius 2 is 1.77 bits per heavy atom. The van der Waals surface area contributed by atoms with Crippen molar-refractivity contribution >= 4 is 5.91 Å². The van der Waals surface area contributed by atoms with Crippen molar-refractivity contribution in [2.24, 2.45) is 0 Å². The van der Waals surface area contributed by atoms with Crippen LogP contribution >= 0.6 is 0 Å². The van der Waals surface area contributed by atoms with E-state index in [2.05, 4.69) is 0 Å². The summed E-state index contributed by atoms with van der Waals surface area (Å²) in [5.74, 6) is -2.96. The predicted molar refractivity (Wildman–Crippen MR) is 75.2 cm³/mol. The lowest BCUT2D eigenvalue weighted by Gasteiger charge is -2.17. The lowest BCUT2D eigenvalue weighted by Crippen LogP contribution is -2.31. The number of benzene rings is 2. The molecule has 0 N–H and O–H groups in total. The number of hydrogen-bond donors (Lipinski definition) is 0. The van der Waals surface area contributed by atoms with Crippen molar-refractivity contribution in [3.8, 4) is 5.75 Å². The third-order valence-corrected chi connectivity index (χ3v) is 3.03. The van der Waals surface area contributed by atoms with Crippen molar-refractivity contribution in [2.45, 2.75) is 0 Å². The zero-order valence-electron chi connectivity index (χ0n) is 11.9. The molecule has 2 rings (SSSR count). The number of carbonyl (C=O) groups is 1. The van der Waals surface area contributed by atoms with Crippen molar-refractivity contribution in [1.82, 2.24) is 4.90 Å². The fourth-order valence-corrected chi connectivity index (χ4v) is 1.81. The van der Waals surface area contributed by atoms with E-state index < -0.39 is 23.4 Å². The highest BCUT2D eigenvalue weighted by atomic mass is 19.2. The molecule has 0 saturated heterocycles. The van der Waals surface area contributed by atoms with Gasteiger partial charge in [-0.25, -0.2) is 13.2 Å². The molecule has 0 fully saturated rings. The van der Waals surface area contributed by atoms with Crippen LogP contribution in [0.2, 0.25) is 0 Å². The second-order valence-electron chi connectivity index (χ2n) is 4.63. The summed E-state index contributed by atoms with van der Waals surface area (Å²) in [5.41, 5.74) is 0.0345. The number of para-hydroxylation sites is 1. The van der Waals surface area contributed by atoms with Crippen LogP contribution in [0.3, 0.4) is 0 Å². The molecule has 2 aromatic rings. The zero-order chi connectivity index (χ0) is 16.1. The van der Waals surface area contributed by atoms with Gasteiger partial charge in [0.05, 0.1) is 6.54 Å². The summed E-state index contributed by atoms with van der Waals surface area (Å²) in [6.07, 6.45) is 0. The first kappa shape index (κ1) is 15.9. The quantitative estimate of drug-likeness (QED) is 0.848. The average Bonchev–Trinajstić information content (AvgIpc) is 2.51. The number of ether oxygens (including phenoxy) is 1. The largest absolute Gasteiger partial charge is 0.489 e. The van der Waals surface area contributed by atoms with Crippen LogP contribution in [0.25, 0.3) is 0 Å². The minimum atomic E-state index is -1.08. The molecule has 3 nitrogen and oxygen atoms in total. The Hall–Kier alpha value is -2.50. The molecule has 22 heavy (non-hydrogen) atoms. The molecule has 0 unspecified atom stereocenters. The number of nitrogens with zero attached hydrogens (tertiary/aromatic N) is 1. The zero-order valence-corrected chi connectivity index (χ0v) is 11.9. The summed E-state index contributed by atoms with van der Waals surface area (Å²) in [5, 5.41) is 0. The van der Waals surface area contributed by atoms with Crippen LogP contribution in [-0.2, 0) is 0 Å². The molecule has 0 spiro atoms. The van der Waals surface area contributed by atoms with Gasteiger partial charge in [-0.05, 0) is 30.3 Å². The molecule has 0 heterocycles. The van der Waals surface area contributed by atoms with Gasteiger partial charge >= 0.3 is 0 Å². The van der Waals surface area contributed by atoms with Gasteiger partial charge in [0.2, 0.25) is 0 Å². The first-order valence-corrected chi connectivity index (χ1v) is 6.57. The number of amides is 1. The highest BCUT2D eigenvalue weighted by molar-refractivity contribution is 5.94. The predicted octanol–water partition coefficient (Wildman–Crippen LogP) is 3.25. The maximum atomic E-state index is 13.3. The van der Waals surface area contributed by atoms with Gasteiger partial charge in [-0.15, -0.1) is 0 Å². The number of halogens is 3. The first-order valence-electron chi connectivity index (χ1n) is 6.57. The van der Waals surface area contributed by atoms with Crippen molar-refractivity contribution in [3.05, 3.63) is 65.5 Å². The Morgan fingerprint density at radius 1 is 1.05 bits per heavy atom. The summed E-state index contributed by atoms with van der Waals surface area (Å²) in [4.78, 5) is 13.3. The Balaban J connectivity index is 1.91. The van der Waals surface area contributed by atoms with Gasteiger partial charge < -0.3 is 9.64 Å². The fraction of sp³-hybridized carbons (Fsp3) is 0.188. The summed E-state index contributed by atoms with van der Waals surface area (Å²) in [7, 11) is 1.49. The van der Waals surface area contributed by atoms with E-state index in [0.717, 1.165) is 12.1 Å². The normalized spacial score (nSPS) is 10.4. The molecule has 0 aliphatic heterocycles. The van der Waals surface area contributed by atoms with Crippen LogP contribution < -0.4 is 4.74 Å². The molecule has 0 aliphatic rings. The van der Waals surface area contributed by atoms with E-state index in [-0.39, 0.29) is 24.5 Å². The van der Waals surface area contributed by atoms with Crippen LogP contribution in [0.15, 0.2) is 42.5 Å². The minimum absolute atomic E-state index is 0.0345. The Kier molecular flexibility index (Phi) is 5.04. The lowest BCUT2D eigenvalue weighted by atomic mass is 10.2. The topological polar surface area (TPSA) is 29.5 Å². The molecule has 1 amide bonds. The van der Waals surface area contributed by atoms with Crippen LogP contribution in [0, 0.1) is 17.5 Å². The van der Waals surface area contributed by atoms with E-state index in [1.54, 1.807) is 12.1 Å². The summed E-state index contributed by atoms with van der Waals surface area (Å²) >= 11 is 0. The Bertz CT molecular complexity index is 676. The van der Waals surface area contributed by atoms with E-state index in [4.69, 9.17) is 4.74 Å². The van der Waals surface area contributed by atoms with Crippen LogP contribution in [0.4, 0.5) is 13.2 Å². The van der Waals surface area contributed by atoms with E-state index in [1.807, 2.05) is 0 Å². The van der Waals surface area contributed by atoms with Gasteiger partial charge in [0.25, 0.3) is 5.91 Å².